The summed E-state index contributed by atoms with van der Waals surface area (Å²) in [6, 6.07) is -1.39. The van der Waals surface area contributed by atoms with E-state index in [-0.39, 0.29) is 29.7 Å². The fourth-order valence-electron chi connectivity index (χ4n) is 3.48. The lowest BCUT2D eigenvalue weighted by Gasteiger charge is -2.50. The van der Waals surface area contributed by atoms with Crippen LogP contribution >= 0.6 is 11.8 Å². The lowest BCUT2D eigenvalue weighted by Crippen LogP contribution is -2.71. The zero-order valence-corrected chi connectivity index (χ0v) is 20.3. The fraction of sp³-hybridized carbons (Fsp3) is 0.333. The normalized spacial score (nSPS) is 19.7. The topological polar surface area (TPSA) is 217 Å². The van der Waals surface area contributed by atoms with Gasteiger partial charge in [-0.25, -0.2) is 4.79 Å². The molecule has 0 aromatic carbocycles. The Balaban J connectivity index is 1.55. The number of amides is 2. The number of carbonyl (C=O) groups excluding carboxylic acids is 3. The Bertz CT molecular complexity index is 1320. The van der Waals surface area contributed by atoms with Crippen molar-refractivity contribution >= 4 is 47.2 Å². The van der Waals surface area contributed by atoms with Crippen LogP contribution in [0.3, 0.4) is 0 Å². The molecule has 4 N–H and O–H groups in total. The van der Waals surface area contributed by atoms with Crippen molar-refractivity contribution < 1.29 is 43.2 Å². The number of aromatic nitrogens is 3. The maximum absolute atomic E-state index is 13.1. The Morgan fingerprint density at radius 1 is 1.41 bits per heavy atom. The third-order valence-corrected chi connectivity index (χ3v) is 6.79. The number of carboxylic acid groups (broad SMARTS) is 2. The first-order valence-electron chi connectivity index (χ1n) is 10.7. The summed E-state index contributed by atoms with van der Waals surface area (Å²) < 4.78 is 6.61. The van der Waals surface area contributed by atoms with Gasteiger partial charge >= 0.3 is 5.97 Å². The van der Waals surface area contributed by atoms with Crippen LogP contribution in [0.1, 0.15) is 19.5 Å². The van der Waals surface area contributed by atoms with E-state index in [4.69, 9.17) is 15.0 Å². The molecule has 1 fully saturated rings. The van der Waals surface area contributed by atoms with Crippen molar-refractivity contribution in [1.29, 1.82) is 0 Å². The van der Waals surface area contributed by atoms with Crippen LogP contribution in [0.4, 0.5) is 6.01 Å². The molecule has 2 aromatic rings. The van der Waals surface area contributed by atoms with Crippen molar-refractivity contribution in [1.82, 2.24) is 20.2 Å². The van der Waals surface area contributed by atoms with Gasteiger partial charge in [0, 0.05) is 11.3 Å². The van der Waals surface area contributed by atoms with E-state index in [2.05, 4.69) is 20.4 Å². The molecule has 0 spiro atoms. The van der Waals surface area contributed by atoms with Gasteiger partial charge in [0.2, 0.25) is 5.60 Å². The minimum Gasteiger partial charge on any atom is -0.543 e. The minimum atomic E-state index is -1.79. The van der Waals surface area contributed by atoms with E-state index < -0.39 is 46.5 Å². The average molecular weight is 532 g/mol. The lowest BCUT2D eigenvalue weighted by atomic mass is 10.0. The van der Waals surface area contributed by atoms with E-state index in [1.54, 1.807) is 29.4 Å². The molecule has 2 aromatic heterocycles. The second-order valence-electron chi connectivity index (χ2n) is 8.44. The molecule has 2 atom stereocenters. The number of nitrogen functional groups attached to an aromatic ring is 1. The third kappa shape index (κ3) is 5.09. The molecule has 2 amide bonds. The van der Waals surface area contributed by atoms with Gasteiger partial charge in [-0.05, 0) is 13.8 Å². The number of nitrogens with two attached hydrogens (primary N) is 1. The van der Waals surface area contributed by atoms with Crippen LogP contribution in [0.5, 0.6) is 0 Å². The van der Waals surface area contributed by atoms with E-state index in [0.717, 1.165) is 11.2 Å². The molecule has 15 nitrogen and oxygen atoms in total. The predicted octanol–water partition coefficient (Wildman–Crippen LogP) is -2.37. The highest BCUT2D eigenvalue weighted by Gasteiger charge is 2.53. The molecule has 1 saturated heterocycles. The predicted molar refractivity (Wildman–Crippen MR) is 122 cm³/mol. The maximum atomic E-state index is 13.1. The molecule has 0 bridgehead atoms. The molecular formula is C21H21N7O8S. The number of thioether (sulfide) groups is 1. The number of nitrogens with zero attached hydrogens (tertiary/aromatic N) is 5. The summed E-state index contributed by atoms with van der Waals surface area (Å²) in [5.74, 6) is -4.21. The maximum Gasteiger partial charge on any atom is 0.350 e. The van der Waals surface area contributed by atoms with Gasteiger partial charge in [0.15, 0.2) is 24.7 Å². The van der Waals surface area contributed by atoms with E-state index in [9.17, 15) is 29.4 Å². The van der Waals surface area contributed by atoms with Crippen LogP contribution in [0.15, 0.2) is 51.9 Å². The summed E-state index contributed by atoms with van der Waals surface area (Å²) in [6.45, 7) is 2.63. The number of oxazole rings is 1. The quantitative estimate of drug-likeness (QED) is 0.134. The number of aliphatic carboxylic acids is 2. The minimum absolute atomic E-state index is 0.164. The van der Waals surface area contributed by atoms with Gasteiger partial charge in [-0.2, -0.15) is 9.55 Å². The Morgan fingerprint density at radius 2 is 2.11 bits per heavy atom. The van der Waals surface area contributed by atoms with Gasteiger partial charge in [-0.15, -0.1) is 11.8 Å². The number of carboxylic acids is 2. The number of hydrogen-bond acceptors (Lipinski definition) is 12. The summed E-state index contributed by atoms with van der Waals surface area (Å²) in [4.78, 5) is 63.1. The van der Waals surface area contributed by atoms with Crippen LogP contribution in [0, 0.1) is 0 Å². The van der Waals surface area contributed by atoms with Gasteiger partial charge < -0.3 is 35.3 Å². The molecule has 4 rings (SSSR count). The molecule has 1 unspecified atom stereocenters. The lowest BCUT2D eigenvalue weighted by molar-refractivity contribution is -0.689. The average Bonchev–Trinajstić information content (AvgIpc) is 3.28. The summed E-state index contributed by atoms with van der Waals surface area (Å²) in [6.07, 6.45) is 7.41. The number of rotatable bonds is 9. The molecule has 2 aliphatic heterocycles. The van der Waals surface area contributed by atoms with Gasteiger partial charge in [-0.3, -0.25) is 19.5 Å². The molecule has 2 aliphatic rings. The summed E-state index contributed by atoms with van der Waals surface area (Å²) in [5, 5.41) is 26.6. The first-order valence-corrected chi connectivity index (χ1v) is 11.7. The molecule has 4 heterocycles. The largest absolute Gasteiger partial charge is 0.543 e. The molecule has 0 saturated carbocycles. The van der Waals surface area contributed by atoms with Crippen molar-refractivity contribution in [2.24, 2.45) is 5.16 Å². The third-order valence-electron chi connectivity index (χ3n) is 5.45. The molecule has 194 valence electrons. The van der Waals surface area contributed by atoms with E-state index >= 15 is 0 Å². The van der Waals surface area contributed by atoms with Crippen LogP contribution in [0.2, 0.25) is 0 Å². The fourth-order valence-corrected chi connectivity index (χ4v) is 4.81. The zero-order chi connectivity index (χ0) is 26.9. The highest BCUT2D eigenvalue weighted by molar-refractivity contribution is 8.00. The molecular weight excluding hydrogens is 510 g/mol. The summed E-state index contributed by atoms with van der Waals surface area (Å²) >= 11 is 1.26. The van der Waals surface area contributed by atoms with Crippen molar-refractivity contribution in [2.75, 3.05) is 11.5 Å². The van der Waals surface area contributed by atoms with Crippen molar-refractivity contribution in [3.63, 3.8) is 0 Å². The Morgan fingerprint density at radius 3 is 2.70 bits per heavy atom. The van der Waals surface area contributed by atoms with Crippen LogP contribution < -0.4 is 20.7 Å². The highest BCUT2D eigenvalue weighted by atomic mass is 32.2. The molecule has 0 radical (unpaired) electrons. The van der Waals surface area contributed by atoms with Crippen LogP contribution in [0.25, 0.3) is 0 Å². The standard InChI is InChI=1S/C21H21N7O8S/c1-21(2,19(33)34)36-26-12(11-8-35-20(22)24-11)15(29)25-13-16(30)28-14(18(31)32)10(9-37-17(13)28)7-27-5-3-23-4-6-27/h3-6,8,13,17H,7,9H2,1-2H3,(H4-,22,24,25,29,31,32,33,34)/t13?,17-/m0/s1. The first-order chi connectivity index (χ1) is 17.5. The number of carbonyl (C=O) groups is 4. The van der Waals surface area contributed by atoms with Crippen LogP contribution in [-0.4, -0.2) is 72.2 Å². The van der Waals surface area contributed by atoms with Gasteiger partial charge in [-0.1, -0.05) is 5.16 Å². The Hall–Kier alpha value is -4.47. The van der Waals surface area contributed by atoms with Crippen LogP contribution in [-0.2, 0) is 30.6 Å². The first kappa shape index (κ1) is 25.6. The number of nitrogens with one attached hydrogen (secondary N) is 1. The van der Waals surface area contributed by atoms with Gasteiger partial charge in [0.1, 0.15) is 23.4 Å². The number of β-lactam (4-membered cyclic amide) rings is 1. The second-order valence-corrected chi connectivity index (χ2v) is 9.54. The smallest absolute Gasteiger partial charge is 0.350 e. The van der Waals surface area contributed by atoms with Gasteiger partial charge in [0.25, 0.3) is 17.8 Å². The Kier molecular flexibility index (Phi) is 6.84. The van der Waals surface area contributed by atoms with Crippen molar-refractivity contribution in [3.8, 4) is 0 Å². The Labute approximate surface area is 213 Å². The number of anilines is 1. The van der Waals surface area contributed by atoms with E-state index in [0.29, 0.717) is 5.57 Å². The highest BCUT2D eigenvalue weighted by Crippen LogP contribution is 2.40. The molecule has 0 aliphatic carbocycles. The van der Waals surface area contributed by atoms with Crippen molar-refractivity contribution in [2.45, 2.75) is 37.4 Å². The van der Waals surface area contributed by atoms with E-state index in [1.807, 2.05) is 0 Å². The molecule has 37 heavy (non-hydrogen) atoms. The number of oxime groups is 1. The summed E-state index contributed by atoms with van der Waals surface area (Å²) in [7, 11) is 0. The van der Waals surface area contributed by atoms with Crippen molar-refractivity contribution in [3.05, 3.63) is 48.0 Å². The SMILES string of the molecule is CC(C)(ON=C(C(=O)NC1C(=O)N2C(C(=O)[O-])=C(C[n+]3ccncc3)CS[C@@H]12)c1coc(N)n1)C(=O)O. The second kappa shape index (κ2) is 9.88. The van der Waals surface area contributed by atoms with E-state index in [1.165, 1.54) is 25.6 Å². The van der Waals surface area contributed by atoms with Gasteiger partial charge in [0.05, 0.1) is 24.1 Å². The zero-order valence-electron chi connectivity index (χ0n) is 19.5. The molecule has 16 heteroatoms. The number of fused-ring (bicyclic) bond motifs is 1. The number of hydrogen-bond donors (Lipinski definition) is 3. The monoisotopic (exact) mass is 531 g/mol. The summed E-state index contributed by atoms with van der Waals surface area (Å²) in [5.41, 5.74) is 3.23.